The molecular formula is C23H27Cl2N3O. The van der Waals surface area contributed by atoms with Crippen LogP contribution in [0.3, 0.4) is 0 Å². The Balaban J connectivity index is 1.83. The molecule has 1 aliphatic heterocycles. The third kappa shape index (κ3) is 3.51. The molecule has 4 nitrogen and oxygen atoms in total. The Morgan fingerprint density at radius 3 is 2.45 bits per heavy atom. The SMILES string of the molecule is CC[C@@H]1CC[C@@H](CC)C1C(=O)C1=C(C)Nc2ccnn2C1c1ccc(Cl)c(Cl)c1. The van der Waals surface area contributed by atoms with E-state index in [1.807, 2.05) is 29.8 Å². The fraction of sp³-hybridized carbons (Fsp3) is 0.478. The number of carbonyl (C=O) groups is 1. The highest BCUT2D eigenvalue weighted by atomic mass is 35.5. The van der Waals surface area contributed by atoms with Gasteiger partial charge >= 0.3 is 0 Å². The van der Waals surface area contributed by atoms with Gasteiger partial charge in [0.05, 0.1) is 16.2 Å². The molecule has 1 aromatic carbocycles. The third-order valence-corrected chi connectivity index (χ3v) is 7.45. The van der Waals surface area contributed by atoms with Crippen LogP contribution >= 0.6 is 23.2 Å². The van der Waals surface area contributed by atoms with Crippen molar-refractivity contribution in [2.24, 2.45) is 17.8 Å². The van der Waals surface area contributed by atoms with Crippen molar-refractivity contribution in [3.63, 3.8) is 0 Å². The molecule has 0 spiro atoms. The maximum atomic E-state index is 14.0. The predicted molar refractivity (Wildman–Crippen MR) is 118 cm³/mol. The van der Waals surface area contributed by atoms with Crippen molar-refractivity contribution in [2.75, 3.05) is 5.32 Å². The fourth-order valence-corrected chi connectivity index (χ4v) is 5.52. The molecule has 1 aliphatic carbocycles. The zero-order chi connectivity index (χ0) is 20.7. The smallest absolute Gasteiger partial charge is 0.166 e. The second-order valence-corrected chi connectivity index (χ2v) is 9.02. The van der Waals surface area contributed by atoms with Crippen LogP contribution in [0.5, 0.6) is 0 Å². The first kappa shape index (κ1) is 20.5. The molecule has 2 aliphatic rings. The maximum absolute atomic E-state index is 14.0. The van der Waals surface area contributed by atoms with Gasteiger partial charge in [-0.2, -0.15) is 5.10 Å². The number of Topliss-reactive ketones (excluding diaryl/α,β-unsaturated/α-hetero) is 1. The van der Waals surface area contributed by atoms with E-state index in [1.165, 1.54) is 0 Å². The number of anilines is 1. The number of nitrogens with zero attached hydrogens (tertiary/aromatic N) is 2. The number of fused-ring (bicyclic) bond motifs is 1. The van der Waals surface area contributed by atoms with Gasteiger partial charge < -0.3 is 5.32 Å². The summed E-state index contributed by atoms with van der Waals surface area (Å²) in [6, 6.07) is 7.21. The lowest BCUT2D eigenvalue weighted by molar-refractivity contribution is -0.122. The van der Waals surface area contributed by atoms with Gasteiger partial charge in [0.2, 0.25) is 0 Å². The van der Waals surface area contributed by atoms with Crippen LogP contribution in [0.1, 0.15) is 58.1 Å². The van der Waals surface area contributed by atoms with Gasteiger partial charge in [-0.25, -0.2) is 4.68 Å². The number of rotatable bonds is 5. The van der Waals surface area contributed by atoms with Gasteiger partial charge in [0.15, 0.2) is 5.78 Å². The molecule has 2 aromatic rings. The van der Waals surface area contributed by atoms with E-state index in [9.17, 15) is 4.79 Å². The second-order valence-electron chi connectivity index (χ2n) is 8.20. The highest BCUT2D eigenvalue weighted by Crippen LogP contribution is 2.46. The minimum absolute atomic E-state index is 0.0686. The lowest BCUT2D eigenvalue weighted by atomic mass is 9.77. The summed E-state index contributed by atoms with van der Waals surface area (Å²) in [4.78, 5) is 14.0. The summed E-state index contributed by atoms with van der Waals surface area (Å²) >= 11 is 12.5. The third-order valence-electron chi connectivity index (χ3n) is 6.71. The number of hydrogen-bond acceptors (Lipinski definition) is 3. The summed E-state index contributed by atoms with van der Waals surface area (Å²) in [5.74, 6) is 2.09. The van der Waals surface area contributed by atoms with E-state index in [-0.39, 0.29) is 17.7 Å². The molecule has 1 unspecified atom stereocenters. The van der Waals surface area contributed by atoms with Gasteiger partial charge in [0.1, 0.15) is 11.9 Å². The number of allylic oxidation sites excluding steroid dienone is 2. The maximum Gasteiger partial charge on any atom is 0.166 e. The molecular weight excluding hydrogens is 405 g/mol. The number of halogens is 2. The summed E-state index contributed by atoms with van der Waals surface area (Å²) < 4.78 is 1.89. The number of hydrogen-bond donors (Lipinski definition) is 1. The zero-order valence-corrected chi connectivity index (χ0v) is 18.6. The van der Waals surface area contributed by atoms with Gasteiger partial charge in [0, 0.05) is 23.3 Å². The quantitative estimate of drug-likeness (QED) is 0.586. The molecule has 4 rings (SSSR count). The highest BCUT2D eigenvalue weighted by Gasteiger charge is 2.43. The molecule has 154 valence electrons. The first-order valence-electron chi connectivity index (χ1n) is 10.5. The Kier molecular flexibility index (Phi) is 5.76. The predicted octanol–water partition coefficient (Wildman–Crippen LogP) is 6.51. The van der Waals surface area contributed by atoms with E-state index in [4.69, 9.17) is 23.2 Å². The Bertz CT molecular complexity index is 953. The van der Waals surface area contributed by atoms with Gasteiger partial charge in [-0.3, -0.25) is 4.79 Å². The molecule has 6 heteroatoms. The lowest BCUT2D eigenvalue weighted by Gasteiger charge is -2.33. The van der Waals surface area contributed by atoms with Crippen LogP contribution in [0.2, 0.25) is 10.0 Å². The molecule has 0 bridgehead atoms. The molecule has 1 saturated carbocycles. The van der Waals surface area contributed by atoms with E-state index in [0.29, 0.717) is 21.9 Å². The van der Waals surface area contributed by atoms with E-state index >= 15 is 0 Å². The van der Waals surface area contributed by atoms with Crippen LogP contribution in [0.25, 0.3) is 0 Å². The minimum Gasteiger partial charge on any atom is -0.344 e. The fourth-order valence-electron chi connectivity index (χ4n) is 5.21. The topological polar surface area (TPSA) is 46.9 Å². The molecule has 3 atom stereocenters. The normalized spacial score (nSPS) is 24.5. The number of aromatic nitrogens is 2. The van der Waals surface area contributed by atoms with Crippen LogP contribution in [-0.2, 0) is 4.79 Å². The largest absolute Gasteiger partial charge is 0.344 e. The summed E-state index contributed by atoms with van der Waals surface area (Å²) in [5, 5.41) is 8.91. The Morgan fingerprint density at radius 2 is 1.83 bits per heavy atom. The monoisotopic (exact) mass is 431 g/mol. The molecule has 0 amide bonds. The number of benzene rings is 1. The van der Waals surface area contributed by atoms with E-state index in [2.05, 4.69) is 24.3 Å². The molecule has 0 saturated heterocycles. The molecule has 29 heavy (non-hydrogen) atoms. The molecule has 1 fully saturated rings. The van der Waals surface area contributed by atoms with E-state index < -0.39 is 0 Å². The van der Waals surface area contributed by atoms with Crippen LogP contribution in [0, 0.1) is 17.8 Å². The van der Waals surface area contributed by atoms with Crippen molar-refractivity contribution >= 4 is 34.8 Å². The van der Waals surface area contributed by atoms with Crippen LogP contribution < -0.4 is 5.32 Å². The summed E-state index contributed by atoms with van der Waals surface area (Å²) in [5.41, 5.74) is 2.62. The minimum atomic E-state index is -0.306. The van der Waals surface area contributed by atoms with Crippen LogP contribution in [0.15, 0.2) is 41.7 Å². The summed E-state index contributed by atoms with van der Waals surface area (Å²) in [6.45, 7) is 6.39. The van der Waals surface area contributed by atoms with Gasteiger partial charge in [-0.05, 0) is 49.3 Å². The summed E-state index contributed by atoms with van der Waals surface area (Å²) in [6.07, 6.45) is 6.10. The number of ketones is 1. The van der Waals surface area contributed by atoms with Crippen molar-refractivity contribution < 1.29 is 4.79 Å². The Hall–Kier alpha value is -1.78. The van der Waals surface area contributed by atoms with Gasteiger partial charge in [0.25, 0.3) is 0 Å². The average Bonchev–Trinajstić information content (AvgIpc) is 3.34. The van der Waals surface area contributed by atoms with Crippen molar-refractivity contribution in [1.29, 1.82) is 0 Å². The van der Waals surface area contributed by atoms with E-state index in [0.717, 1.165) is 48.3 Å². The molecule has 2 heterocycles. The average molecular weight is 432 g/mol. The first-order chi connectivity index (χ1) is 14.0. The standard InChI is InChI=1S/C23H27Cl2N3O/c1-4-14-6-7-15(5-2)21(14)23(29)20-13(3)27-19-10-11-26-28(19)22(20)16-8-9-17(24)18(25)12-16/h8-12,14-15,21-22,27H,4-7H2,1-3H3/t14-,15-,22?/m1/s1. The van der Waals surface area contributed by atoms with Crippen LogP contribution in [0.4, 0.5) is 5.82 Å². The Labute approximate surface area is 182 Å². The van der Waals surface area contributed by atoms with Gasteiger partial charge in [-0.1, -0.05) is 56.0 Å². The lowest BCUT2D eigenvalue weighted by Crippen LogP contribution is -2.34. The van der Waals surface area contributed by atoms with Crippen molar-refractivity contribution in [3.05, 3.63) is 57.3 Å². The molecule has 0 radical (unpaired) electrons. The number of nitrogens with one attached hydrogen (secondary N) is 1. The van der Waals surface area contributed by atoms with Crippen molar-refractivity contribution in [2.45, 2.75) is 52.5 Å². The van der Waals surface area contributed by atoms with E-state index in [1.54, 1.807) is 12.3 Å². The molecule has 1 aromatic heterocycles. The second kappa shape index (κ2) is 8.16. The summed E-state index contributed by atoms with van der Waals surface area (Å²) in [7, 11) is 0. The highest BCUT2D eigenvalue weighted by molar-refractivity contribution is 6.42. The first-order valence-corrected chi connectivity index (χ1v) is 11.2. The Morgan fingerprint density at radius 1 is 1.14 bits per heavy atom. The van der Waals surface area contributed by atoms with Gasteiger partial charge in [-0.15, -0.1) is 0 Å². The molecule has 1 N–H and O–H groups in total. The number of carbonyl (C=O) groups excluding carboxylic acids is 1. The van der Waals surface area contributed by atoms with Crippen LogP contribution in [-0.4, -0.2) is 15.6 Å². The zero-order valence-electron chi connectivity index (χ0n) is 17.1. The van der Waals surface area contributed by atoms with Crippen molar-refractivity contribution in [1.82, 2.24) is 9.78 Å². The van der Waals surface area contributed by atoms with Crippen molar-refractivity contribution in [3.8, 4) is 0 Å².